The number of carbonyl (C=O) groups is 1. The highest BCUT2D eigenvalue weighted by molar-refractivity contribution is 5.80. The summed E-state index contributed by atoms with van der Waals surface area (Å²) in [6, 6.07) is 18.0. The van der Waals surface area contributed by atoms with Gasteiger partial charge in [0.2, 0.25) is 5.91 Å². The summed E-state index contributed by atoms with van der Waals surface area (Å²) in [5.74, 6) is 0.0669. The van der Waals surface area contributed by atoms with Crippen molar-refractivity contribution in [1.82, 2.24) is 9.88 Å². The smallest absolute Gasteiger partial charge is 0.251 e. The van der Waals surface area contributed by atoms with Gasteiger partial charge in [0.1, 0.15) is 0 Å². The third-order valence-corrected chi connectivity index (χ3v) is 4.83. The Kier molecular flexibility index (Phi) is 5.75. The molecule has 0 bridgehead atoms. The Balaban J connectivity index is 1.73. The number of aromatic amines is 1. The second-order valence-corrected chi connectivity index (χ2v) is 7.32. The van der Waals surface area contributed by atoms with E-state index >= 15 is 0 Å². The largest absolute Gasteiger partial charge is 0.336 e. The van der Waals surface area contributed by atoms with Crippen LogP contribution in [-0.4, -0.2) is 21.8 Å². The van der Waals surface area contributed by atoms with Gasteiger partial charge in [-0.2, -0.15) is 0 Å². The van der Waals surface area contributed by atoms with Crippen molar-refractivity contribution in [3.8, 4) is 0 Å². The first-order valence-electron chi connectivity index (χ1n) is 9.40. The number of pyridine rings is 1. The summed E-state index contributed by atoms with van der Waals surface area (Å²) in [6.45, 7) is 6.63. The lowest BCUT2D eigenvalue weighted by molar-refractivity contribution is -0.133. The standard InChI is InChI=1S/C23H26N2O2/c1-16(2)25(15-18-7-5-4-6-8-18)22(26)12-11-20-14-19-10-9-17(3)13-21(19)24-23(20)27/h4-10,13-14,16H,11-12,15H2,1-3H3,(H,24,27). The molecule has 0 radical (unpaired) electrons. The van der Waals surface area contributed by atoms with Crippen LogP contribution in [0.1, 0.15) is 37.0 Å². The predicted molar refractivity (Wildman–Crippen MR) is 110 cm³/mol. The molecule has 0 fully saturated rings. The number of rotatable bonds is 6. The molecular weight excluding hydrogens is 336 g/mol. The average molecular weight is 362 g/mol. The molecule has 0 saturated carbocycles. The van der Waals surface area contributed by atoms with Crippen molar-refractivity contribution in [2.75, 3.05) is 0 Å². The van der Waals surface area contributed by atoms with Gasteiger partial charge in [-0.3, -0.25) is 9.59 Å². The van der Waals surface area contributed by atoms with Gasteiger partial charge in [0.25, 0.3) is 5.56 Å². The van der Waals surface area contributed by atoms with Crippen molar-refractivity contribution in [2.45, 2.75) is 46.2 Å². The lowest BCUT2D eigenvalue weighted by Crippen LogP contribution is -2.36. The molecule has 4 heteroatoms. The van der Waals surface area contributed by atoms with E-state index in [2.05, 4.69) is 4.98 Å². The van der Waals surface area contributed by atoms with E-state index in [0.29, 0.717) is 24.9 Å². The van der Waals surface area contributed by atoms with Gasteiger partial charge in [-0.25, -0.2) is 0 Å². The number of carbonyl (C=O) groups excluding carboxylic acids is 1. The van der Waals surface area contributed by atoms with Crippen LogP contribution in [0.3, 0.4) is 0 Å². The Morgan fingerprint density at radius 1 is 1.07 bits per heavy atom. The fourth-order valence-corrected chi connectivity index (χ4v) is 3.27. The van der Waals surface area contributed by atoms with Crippen LogP contribution >= 0.6 is 0 Å². The van der Waals surface area contributed by atoms with E-state index in [9.17, 15) is 9.59 Å². The highest BCUT2D eigenvalue weighted by Gasteiger charge is 2.18. The van der Waals surface area contributed by atoms with E-state index in [-0.39, 0.29) is 17.5 Å². The molecule has 0 saturated heterocycles. The van der Waals surface area contributed by atoms with Crippen molar-refractivity contribution in [3.63, 3.8) is 0 Å². The van der Waals surface area contributed by atoms with Crippen LogP contribution in [0.2, 0.25) is 0 Å². The molecule has 1 aromatic heterocycles. The summed E-state index contributed by atoms with van der Waals surface area (Å²) in [5.41, 5.74) is 3.60. The van der Waals surface area contributed by atoms with Crippen LogP contribution in [0.5, 0.6) is 0 Å². The minimum atomic E-state index is -0.111. The summed E-state index contributed by atoms with van der Waals surface area (Å²) < 4.78 is 0. The maximum Gasteiger partial charge on any atom is 0.251 e. The first-order chi connectivity index (χ1) is 12.9. The molecule has 140 valence electrons. The van der Waals surface area contributed by atoms with E-state index in [1.807, 2.05) is 80.3 Å². The number of amides is 1. The normalized spacial score (nSPS) is 11.1. The summed E-state index contributed by atoms with van der Waals surface area (Å²) in [4.78, 5) is 30.0. The third kappa shape index (κ3) is 4.64. The predicted octanol–water partition coefficient (Wildman–Crippen LogP) is 4.21. The summed E-state index contributed by atoms with van der Waals surface area (Å²) >= 11 is 0. The molecule has 0 unspecified atom stereocenters. The molecule has 1 N–H and O–H groups in total. The number of aromatic nitrogens is 1. The molecule has 0 spiro atoms. The number of fused-ring (bicyclic) bond motifs is 1. The zero-order valence-corrected chi connectivity index (χ0v) is 16.2. The number of benzene rings is 2. The highest BCUT2D eigenvalue weighted by atomic mass is 16.2. The van der Waals surface area contributed by atoms with Crippen LogP contribution < -0.4 is 5.56 Å². The number of nitrogens with one attached hydrogen (secondary N) is 1. The van der Waals surface area contributed by atoms with Crippen molar-refractivity contribution < 1.29 is 4.79 Å². The van der Waals surface area contributed by atoms with Gasteiger partial charge >= 0.3 is 0 Å². The molecule has 0 aliphatic carbocycles. The van der Waals surface area contributed by atoms with E-state index in [0.717, 1.165) is 22.0 Å². The molecule has 0 aliphatic heterocycles. The van der Waals surface area contributed by atoms with Gasteiger partial charge in [0, 0.05) is 30.1 Å². The zero-order chi connectivity index (χ0) is 19.4. The summed E-state index contributed by atoms with van der Waals surface area (Å²) in [7, 11) is 0. The maximum absolute atomic E-state index is 12.8. The van der Waals surface area contributed by atoms with Gasteiger partial charge in [0.05, 0.1) is 0 Å². The number of aryl methyl sites for hydroxylation is 2. The molecule has 2 aromatic carbocycles. The first-order valence-corrected chi connectivity index (χ1v) is 9.40. The highest BCUT2D eigenvalue weighted by Crippen LogP contribution is 2.15. The Bertz CT molecular complexity index is 990. The molecule has 3 aromatic rings. The Labute approximate surface area is 159 Å². The minimum absolute atomic E-state index is 0.0669. The van der Waals surface area contributed by atoms with Crippen molar-refractivity contribution in [2.24, 2.45) is 0 Å². The zero-order valence-electron chi connectivity index (χ0n) is 16.2. The summed E-state index contributed by atoms with van der Waals surface area (Å²) in [6.07, 6.45) is 0.765. The fourth-order valence-electron chi connectivity index (χ4n) is 3.27. The number of H-pyrrole nitrogens is 1. The SMILES string of the molecule is Cc1ccc2cc(CCC(=O)N(Cc3ccccc3)C(C)C)c(=O)[nH]c2c1. The van der Waals surface area contributed by atoms with Crippen LogP contribution in [0, 0.1) is 6.92 Å². The van der Waals surface area contributed by atoms with Crippen molar-refractivity contribution >= 4 is 16.8 Å². The van der Waals surface area contributed by atoms with E-state index in [1.54, 1.807) is 0 Å². The van der Waals surface area contributed by atoms with Gasteiger partial charge in [0.15, 0.2) is 0 Å². The lowest BCUT2D eigenvalue weighted by Gasteiger charge is -2.27. The maximum atomic E-state index is 12.8. The number of nitrogens with zero attached hydrogens (tertiary/aromatic N) is 1. The molecule has 3 rings (SSSR count). The van der Waals surface area contributed by atoms with E-state index in [4.69, 9.17) is 0 Å². The van der Waals surface area contributed by atoms with Crippen LogP contribution in [0.15, 0.2) is 59.4 Å². The second kappa shape index (κ2) is 8.21. The first kappa shape index (κ1) is 18.9. The second-order valence-electron chi connectivity index (χ2n) is 7.32. The number of hydrogen-bond acceptors (Lipinski definition) is 2. The Hall–Kier alpha value is -2.88. The lowest BCUT2D eigenvalue weighted by atomic mass is 10.1. The third-order valence-electron chi connectivity index (χ3n) is 4.83. The topological polar surface area (TPSA) is 53.2 Å². The fraction of sp³-hybridized carbons (Fsp3) is 0.304. The van der Waals surface area contributed by atoms with Gasteiger partial charge in [-0.1, -0.05) is 42.5 Å². The monoisotopic (exact) mass is 362 g/mol. The average Bonchev–Trinajstić information content (AvgIpc) is 2.64. The van der Waals surface area contributed by atoms with Crippen LogP contribution in [0.4, 0.5) is 0 Å². The molecule has 1 amide bonds. The molecule has 1 heterocycles. The van der Waals surface area contributed by atoms with Gasteiger partial charge in [-0.05, 0) is 55.8 Å². The van der Waals surface area contributed by atoms with E-state index < -0.39 is 0 Å². The molecule has 0 atom stereocenters. The van der Waals surface area contributed by atoms with Gasteiger partial charge in [-0.15, -0.1) is 0 Å². The number of hydrogen-bond donors (Lipinski definition) is 1. The van der Waals surface area contributed by atoms with E-state index in [1.165, 1.54) is 0 Å². The minimum Gasteiger partial charge on any atom is -0.336 e. The summed E-state index contributed by atoms with van der Waals surface area (Å²) in [5, 5.41) is 0.993. The van der Waals surface area contributed by atoms with Gasteiger partial charge < -0.3 is 9.88 Å². The van der Waals surface area contributed by atoms with Crippen molar-refractivity contribution in [1.29, 1.82) is 0 Å². The Morgan fingerprint density at radius 3 is 2.52 bits per heavy atom. The molecule has 4 nitrogen and oxygen atoms in total. The Morgan fingerprint density at radius 2 is 1.81 bits per heavy atom. The van der Waals surface area contributed by atoms with Crippen LogP contribution in [-0.2, 0) is 17.8 Å². The molecular formula is C23H26N2O2. The van der Waals surface area contributed by atoms with Crippen molar-refractivity contribution in [3.05, 3.63) is 81.6 Å². The van der Waals surface area contributed by atoms with Crippen LogP contribution in [0.25, 0.3) is 10.9 Å². The molecule has 0 aliphatic rings. The molecule has 27 heavy (non-hydrogen) atoms. The quantitative estimate of drug-likeness (QED) is 0.714.